The number of unbranched alkanes of at least 4 members (excludes halogenated alkanes) is 13. The van der Waals surface area contributed by atoms with Gasteiger partial charge in [-0.1, -0.05) is 114 Å². The summed E-state index contributed by atoms with van der Waals surface area (Å²) in [5, 5.41) is 0.591. The molecule has 4 heteroatoms. The van der Waals surface area contributed by atoms with Crippen LogP contribution in [-0.2, 0) is 6.54 Å². The highest BCUT2D eigenvalue weighted by atomic mass is 35.5. The van der Waals surface area contributed by atoms with E-state index >= 15 is 0 Å². The molecule has 0 unspecified atom stereocenters. The van der Waals surface area contributed by atoms with Gasteiger partial charge < -0.3 is 10.3 Å². The van der Waals surface area contributed by atoms with Crippen LogP contribution in [0.3, 0.4) is 0 Å². The molecule has 0 bridgehead atoms. The first-order valence-corrected chi connectivity index (χ1v) is 13.6. The maximum Gasteiger partial charge on any atom is 0.141 e. The summed E-state index contributed by atoms with van der Waals surface area (Å²) in [5.41, 5.74) is 9.92. The summed E-state index contributed by atoms with van der Waals surface area (Å²) in [4.78, 5) is 4.90. The van der Waals surface area contributed by atoms with Crippen molar-refractivity contribution < 1.29 is 0 Å². The molecule has 0 amide bonds. The van der Waals surface area contributed by atoms with E-state index in [0.29, 0.717) is 10.7 Å². The van der Waals surface area contributed by atoms with Gasteiger partial charge in [0.15, 0.2) is 0 Å². The molecule has 0 aliphatic heterocycles. The molecule has 0 fully saturated rings. The van der Waals surface area contributed by atoms with Gasteiger partial charge >= 0.3 is 0 Å². The largest absolute Gasteiger partial charge is 0.398 e. The molecular weight excluding hydrogens is 426 g/mol. The van der Waals surface area contributed by atoms with E-state index < -0.39 is 0 Å². The molecule has 2 aromatic carbocycles. The van der Waals surface area contributed by atoms with Crippen molar-refractivity contribution >= 4 is 28.3 Å². The number of fused-ring (bicyclic) bond motifs is 1. The summed E-state index contributed by atoms with van der Waals surface area (Å²) >= 11 is 6.14. The Labute approximate surface area is 205 Å². The van der Waals surface area contributed by atoms with Crippen LogP contribution in [-0.4, -0.2) is 9.55 Å². The predicted octanol–water partition coefficient (Wildman–Crippen LogP) is 9.42. The molecule has 3 aromatic rings. The standard InChI is InChI=1S/C29H42ClN3/c1-2-3-4-5-6-7-8-9-10-11-12-13-14-17-22-33-28-19-16-15-18-27(28)32-29(33)24-20-21-25(30)26(31)23-24/h15-16,18-21,23H,2-14,17,22,31H2,1H3. The van der Waals surface area contributed by atoms with Crippen LogP contribution >= 0.6 is 11.6 Å². The number of aromatic nitrogens is 2. The Hall–Kier alpha value is -2.00. The van der Waals surface area contributed by atoms with Crippen molar-refractivity contribution in [3.63, 3.8) is 0 Å². The summed E-state index contributed by atoms with van der Waals surface area (Å²) in [6, 6.07) is 14.2. The zero-order valence-corrected chi connectivity index (χ0v) is 21.3. The van der Waals surface area contributed by atoms with Crippen LogP contribution in [0.15, 0.2) is 42.5 Å². The molecule has 3 rings (SSSR count). The molecule has 0 radical (unpaired) electrons. The van der Waals surface area contributed by atoms with Gasteiger partial charge in [0.2, 0.25) is 0 Å². The summed E-state index contributed by atoms with van der Waals surface area (Å²) in [5.74, 6) is 0.981. The molecule has 0 saturated carbocycles. The van der Waals surface area contributed by atoms with Crippen LogP contribution in [0.5, 0.6) is 0 Å². The molecule has 0 aliphatic rings. The lowest BCUT2D eigenvalue weighted by Gasteiger charge is -2.10. The van der Waals surface area contributed by atoms with E-state index in [9.17, 15) is 0 Å². The van der Waals surface area contributed by atoms with Gasteiger partial charge in [-0.3, -0.25) is 0 Å². The highest BCUT2D eigenvalue weighted by Crippen LogP contribution is 2.29. The minimum Gasteiger partial charge on any atom is -0.398 e. The second-order valence-electron chi connectivity index (χ2n) is 9.41. The minimum absolute atomic E-state index is 0.591. The number of nitrogens with two attached hydrogens (primary N) is 1. The monoisotopic (exact) mass is 467 g/mol. The van der Waals surface area contributed by atoms with Crippen molar-refractivity contribution in [2.45, 2.75) is 103 Å². The number of nitrogens with zero attached hydrogens (tertiary/aromatic N) is 2. The fraction of sp³-hybridized carbons (Fsp3) is 0.552. The van der Waals surface area contributed by atoms with E-state index in [1.165, 1.54) is 95.4 Å². The summed E-state index contributed by atoms with van der Waals surface area (Å²) in [6.07, 6.45) is 19.3. The molecule has 1 aromatic heterocycles. The average Bonchev–Trinajstić information content (AvgIpc) is 3.19. The van der Waals surface area contributed by atoms with E-state index in [1.807, 2.05) is 24.3 Å². The second kappa shape index (κ2) is 14.3. The van der Waals surface area contributed by atoms with Crippen LogP contribution in [0.2, 0.25) is 5.02 Å². The fourth-order valence-corrected chi connectivity index (χ4v) is 4.79. The number of para-hydroxylation sites is 2. The van der Waals surface area contributed by atoms with Crippen LogP contribution in [0, 0.1) is 0 Å². The van der Waals surface area contributed by atoms with Crippen molar-refractivity contribution in [3.8, 4) is 11.4 Å². The van der Waals surface area contributed by atoms with Crippen LogP contribution < -0.4 is 5.73 Å². The lowest BCUT2D eigenvalue weighted by atomic mass is 10.0. The first-order valence-electron chi connectivity index (χ1n) is 13.2. The van der Waals surface area contributed by atoms with Crippen molar-refractivity contribution in [2.75, 3.05) is 5.73 Å². The lowest BCUT2D eigenvalue weighted by molar-refractivity contribution is 0.526. The Morgan fingerprint density at radius 1 is 0.758 bits per heavy atom. The zero-order chi connectivity index (χ0) is 23.3. The van der Waals surface area contributed by atoms with Crippen molar-refractivity contribution in [1.29, 1.82) is 0 Å². The topological polar surface area (TPSA) is 43.8 Å². The third-order valence-corrected chi connectivity index (χ3v) is 6.99. The van der Waals surface area contributed by atoms with Crippen molar-refractivity contribution in [2.24, 2.45) is 0 Å². The third kappa shape index (κ3) is 8.07. The summed E-state index contributed by atoms with van der Waals surface area (Å²) in [6.45, 7) is 3.27. The number of nitrogen functional groups attached to an aromatic ring is 1. The number of anilines is 1. The van der Waals surface area contributed by atoms with Gasteiger partial charge in [-0.15, -0.1) is 0 Å². The Morgan fingerprint density at radius 2 is 1.33 bits per heavy atom. The maximum atomic E-state index is 6.14. The normalized spacial score (nSPS) is 11.5. The summed E-state index contributed by atoms with van der Waals surface area (Å²) in [7, 11) is 0. The van der Waals surface area contributed by atoms with Crippen molar-refractivity contribution in [1.82, 2.24) is 9.55 Å². The van der Waals surface area contributed by atoms with E-state index in [-0.39, 0.29) is 0 Å². The van der Waals surface area contributed by atoms with Crippen molar-refractivity contribution in [3.05, 3.63) is 47.5 Å². The van der Waals surface area contributed by atoms with Crippen LogP contribution in [0.1, 0.15) is 96.8 Å². The average molecular weight is 468 g/mol. The highest BCUT2D eigenvalue weighted by Gasteiger charge is 2.13. The maximum absolute atomic E-state index is 6.14. The predicted molar refractivity (Wildman–Crippen MR) is 145 cm³/mol. The SMILES string of the molecule is CCCCCCCCCCCCCCCCn1c(-c2ccc(Cl)c(N)c2)nc2ccccc21. The van der Waals surface area contributed by atoms with Crippen LogP contribution in [0.25, 0.3) is 22.4 Å². The first-order chi connectivity index (χ1) is 16.2. The number of hydrogen-bond acceptors (Lipinski definition) is 2. The Bertz CT molecular complexity index is 963. The second-order valence-corrected chi connectivity index (χ2v) is 9.82. The molecule has 3 nitrogen and oxygen atoms in total. The van der Waals surface area contributed by atoms with E-state index in [0.717, 1.165) is 23.4 Å². The number of hydrogen-bond donors (Lipinski definition) is 1. The Kier molecular flexibility index (Phi) is 11.1. The summed E-state index contributed by atoms with van der Waals surface area (Å²) < 4.78 is 2.35. The van der Waals surface area contributed by atoms with Gasteiger partial charge in [0, 0.05) is 12.1 Å². The molecule has 0 spiro atoms. The van der Waals surface area contributed by atoms with Gasteiger partial charge in [0.05, 0.1) is 21.7 Å². The van der Waals surface area contributed by atoms with Gasteiger partial charge in [-0.2, -0.15) is 0 Å². The first kappa shape index (κ1) is 25.6. The number of benzene rings is 2. The molecule has 0 aliphatic carbocycles. The Morgan fingerprint density at radius 3 is 1.94 bits per heavy atom. The van der Waals surface area contributed by atoms with Gasteiger partial charge in [-0.25, -0.2) is 4.98 Å². The molecular formula is C29H42ClN3. The Balaban J connectivity index is 1.39. The van der Waals surface area contributed by atoms with Gasteiger partial charge in [0.25, 0.3) is 0 Å². The molecule has 33 heavy (non-hydrogen) atoms. The molecule has 0 saturated heterocycles. The van der Waals surface area contributed by atoms with Gasteiger partial charge in [-0.05, 0) is 36.8 Å². The highest BCUT2D eigenvalue weighted by molar-refractivity contribution is 6.33. The van der Waals surface area contributed by atoms with E-state index in [1.54, 1.807) is 0 Å². The fourth-order valence-electron chi connectivity index (χ4n) is 4.67. The van der Waals surface area contributed by atoms with E-state index in [4.69, 9.17) is 22.3 Å². The molecule has 1 heterocycles. The number of aryl methyl sites for hydroxylation is 1. The smallest absolute Gasteiger partial charge is 0.141 e. The van der Waals surface area contributed by atoms with Gasteiger partial charge in [0.1, 0.15) is 5.82 Å². The number of rotatable bonds is 16. The minimum atomic E-state index is 0.591. The third-order valence-electron chi connectivity index (χ3n) is 6.64. The zero-order valence-electron chi connectivity index (χ0n) is 20.5. The lowest BCUT2D eigenvalue weighted by Crippen LogP contribution is -2.01. The van der Waals surface area contributed by atoms with E-state index in [2.05, 4.69) is 29.7 Å². The molecule has 180 valence electrons. The van der Waals surface area contributed by atoms with Crippen LogP contribution in [0.4, 0.5) is 5.69 Å². The number of imidazole rings is 1. The quantitative estimate of drug-likeness (QED) is 0.168. The number of halogens is 1. The molecule has 2 N–H and O–H groups in total. The molecule has 0 atom stereocenters.